The van der Waals surface area contributed by atoms with Crippen LogP contribution in [-0.2, 0) is 9.53 Å². The molecule has 196 valence electrons. The molecule has 8 heteroatoms. The van der Waals surface area contributed by atoms with Crippen LogP contribution >= 0.6 is 0 Å². The number of aryl methyl sites for hydroxylation is 1. The monoisotopic (exact) mass is 520 g/mol. The van der Waals surface area contributed by atoms with E-state index in [9.17, 15) is 9.59 Å². The van der Waals surface area contributed by atoms with E-state index in [1.165, 1.54) is 11.8 Å². The standard InChI is InChI=1S/C31H28N4O4/c1-20-18-24(21(2)34(20)25-14-16-26(17-15-25)39-22(3)31(37)38-4)19-32-35-29(23-10-6-5-7-11-23)33-28-13-9-8-12-27(28)30(35)36/h5-19,22H,1-4H3/t22-/m0/s1. The van der Waals surface area contributed by atoms with Gasteiger partial charge in [-0.3, -0.25) is 4.79 Å². The summed E-state index contributed by atoms with van der Waals surface area (Å²) < 4.78 is 13.8. The molecule has 0 aliphatic carbocycles. The fourth-order valence-corrected chi connectivity index (χ4v) is 4.53. The Bertz CT molecular complexity index is 1740. The molecule has 0 amide bonds. The number of para-hydroxylation sites is 1. The maximum atomic E-state index is 13.5. The van der Waals surface area contributed by atoms with E-state index >= 15 is 0 Å². The zero-order valence-corrected chi connectivity index (χ0v) is 22.2. The molecule has 2 heterocycles. The summed E-state index contributed by atoms with van der Waals surface area (Å²) >= 11 is 0. The molecule has 0 saturated heterocycles. The van der Waals surface area contributed by atoms with Crippen molar-refractivity contribution in [1.29, 1.82) is 0 Å². The Morgan fingerprint density at radius 1 is 0.974 bits per heavy atom. The number of hydrogen-bond acceptors (Lipinski definition) is 6. The SMILES string of the molecule is COC(=O)[C@H](C)Oc1ccc(-n2c(C)cc(C=Nn3c(-c4ccccc4)nc4ccccc4c3=O)c2C)cc1. The van der Waals surface area contributed by atoms with Gasteiger partial charge in [-0.25, -0.2) is 9.78 Å². The molecule has 8 nitrogen and oxygen atoms in total. The molecule has 3 aromatic carbocycles. The van der Waals surface area contributed by atoms with E-state index in [0.29, 0.717) is 22.5 Å². The predicted octanol–water partition coefficient (Wildman–Crippen LogP) is 5.29. The van der Waals surface area contributed by atoms with Crippen LogP contribution in [0.1, 0.15) is 23.9 Å². The van der Waals surface area contributed by atoms with Gasteiger partial charge in [0.2, 0.25) is 0 Å². The normalized spacial score (nSPS) is 12.1. The van der Waals surface area contributed by atoms with E-state index in [0.717, 1.165) is 28.2 Å². The zero-order chi connectivity index (χ0) is 27.5. The number of rotatable bonds is 7. The molecule has 0 aliphatic heterocycles. The first kappa shape index (κ1) is 25.7. The van der Waals surface area contributed by atoms with Gasteiger partial charge in [0, 0.05) is 28.2 Å². The maximum absolute atomic E-state index is 13.5. The lowest BCUT2D eigenvalue weighted by atomic mass is 10.2. The minimum atomic E-state index is -0.701. The van der Waals surface area contributed by atoms with Gasteiger partial charge in [0.15, 0.2) is 11.9 Å². The molecule has 0 aliphatic rings. The highest BCUT2D eigenvalue weighted by molar-refractivity contribution is 5.83. The van der Waals surface area contributed by atoms with Crippen molar-refractivity contribution >= 4 is 23.1 Å². The van der Waals surface area contributed by atoms with Crippen LogP contribution in [0.2, 0.25) is 0 Å². The average Bonchev–Trinajstić information content (AvgIpc) is 3.25. The number of nitrogens with zero attached hydrogens (tertiary/aromatic N) is 4. The third-order valence-corrected chi connectivity index (χ3v) is 6.51. The lowest BCUT2D eigenvalue weighted by Gasteiger charge is -2.14. The van der Waals surface area contributed by atoms with Crippen molar-refractivity contribution in [2.24, 2.45) is 5.10 Å². The van der Waals surface area contributed by atoms with Gasteiger partial charge in [-0.2, -0.15) is 9.78 Å². The third kappa shape index (κ3) is 5.09. The Morgan fingerprint density at radius 3 is 2.38 bits per heavy atom. The number of methoxy groups -OCH3 is 1. The molecule has 0 fully saturated rings. The highest BCUT2D eigenvalue weighted by Gasteiger charge is 2.16. The summed E-state index contributed by atoms with van der Waals surface area (Å²) in [6.45, 7) is 5.65. The second-order valence-corrected chi connectivity index (χ2v) is 9.12. The van der Waals surface area contributed by atoms with Gasteiger partial charge in [-0.05, 0) is 63.2 Å². The Balaban J connectivity index is 1.51. The molecule has 0 saturated carbocycles. The number of aromatic nitrogens is 3. The number of esters is 1. The van der Waals surface area contributed by atoms with Crippen LogP contribution in [0, 0.1) is 13.8 Å². The molecule has 5 rings (SSSR count). The Labute approximate surface area is 225 Å². The molecule has 2 aromatic heterocycles. The largest absolute Gasteiger partial charge is 0.479 e. The van der Waals surface area contributed by atoms with Crippen LogP contribution in [0.25, 0.3) is 28.0 Å². The van der Waals surface area contributed by atoms with E-state index in [-0.39, 0.29) is 5.56 Å². The van der Waals surface area contributed by atoms with Crippen LogP contribution in [0.3, 0.4) is 0 Å². The van der Waals surface area contributed by atoms with Crippen molar-refractivity contribution < 1.29 is 14.3 Å². The molecule has 0 N–H and O–H groups in total. The molecule has 5 aromatic rings. The highest BCUT2D eigenvalue weighted by atomic mass is 16.6. The fraction of sp³-hybridized carbons (Fsp3) is 0.161. The van der Waals surface area contributed by atoms with E-state index in [1.54, 1.807) is 19.2 Å². The molecule has 0 bridgehead atoms. The zero-order valence-electron chi connectivity index (χ0n) is 22.2. The van der Waals surface area contributed by atoms with Crippen LogP contribution < -0.4 is 10.3 Å². The van der Waals surface area contributed by atoms with Crippen molar-refractivity contribution in [1.82, 2.24) is 14.2 Å². The lowest BCUT2D eigenvalue weighted by Crippen LogP contribution is -2.24. The van der Waals surface area contributed by atoms with Crippen LogP contribution in [0.4, 0.5) is 0 Å². The lowest BCUT2D eigenvalue weighted by molar-refractivity contribution is -0.147. The van der Waals surface area contributed by atoms with Gasteiger partial charge in [0.1, 0.15) is 5.75 Å². The minimum absolute atomic E-state index is 0.235. The summed E-state index contributed by atoms with van der Waals surface area (Å²) in [6, 6.07) is 26.3. The van der Waals surface area contributed by atoms with Gasteiger partial charge in [0.05, 0.1) is 24.2 Å². The summed E-state index contributed by atoms with van der Waals surface area (Å²) in [7, 11) is 1.33. The summed E-state index contributed by atoms with van der Waals surface area (Å²) in [5.74, 6) is 0.606. The highest BCUT2D eigenvalue weighted by Crippen LogP contribution is 2.23. The minimum Gasteiger partial charge on any atom is -0.479 e. The second-order valence-electron chi connectivity index (χ2n) is 9.12. The number of ether oxygens (including phenoxy) is 2. The van der Waals surface area contributed by atoms with E-state index < -0.39 is 12.1 Å². The first-order chi connectivity index (χ1) is 18.9. The topological polar surface area (TPSA) is 87.7 Å². The first-order valence-electron chi connectivity index (χ1n) is 12.5. The molecule has 0 spiro atoms. The van der Waals surface area contributed by atoms with Crippen molar-refractivity contribution in [3.05, 3.63) is 112 Å². The second kappa shape index (κ2) is 10.8. The summed E-state index contributed by atoms with van der Waals surface area (Å²) in [4.78, 5) is 29.9. The smallest absolute Gasteiger partial charge is 0.346 e. The van der Waals surface area contributed by atoms with E-state index in [4.69, 9.17) is 14.5 Å². The van der Waals surface area contributed by atoms with E-state index in [1.807, 2.05) is 92.7 Å². The van der Waals surface area contributed by atoms with E-state index in [2.05, 4.69) is 9.67 Å². The summed E-state index contributed by atoms with van der Waals surface area (Å²) in [5.41, 5.74) is 4.93. The Kier molecular flexibility index (Phi) is 7.10. The van der Waals surface area contributed by atoms with Crippen LogP contribution in [0.15, 0.2) is 94.8 Å². The van der Waals surface area contributed by atoms with Crippen molar-refractivity contribution in [3.63, 3.8) is 0 Å². The number of fused-ring (bicyclic) bond motifs is 1. The molecular weight excluding hydrogens is 492 g/mol. The fourth-order valence-electron chi connectivity index (χ4n) is 4.53. The predicted molar refractivity (Wildman–Crippen MR) is 152 cm³/mol. The molecule has 39 heavy (non-hydrogen) atoms. The summed E-state index contributed by atoms with van der Waals surface area (Å²) in [5, 5.41) is 5.13. The van der Waals surface area contributed by atoms with Crippen LogP contribution in [-0.4, -0.2) is 39.6 Å². The van der Waals surface area contributed by atoms with Crippen LogP contribution in [0.5, 0.6) is 5.75 Å². The van der Waals surface area contributed by atoms with Crippen molar-refractivity contribution in [2.45, 2.75) is 26.9 Å². The van der Waals surface area contributed by atoms with Gasteiger partial charge >= 0.3 is 5.97 Å². The van der Waals surface area contributed by atoms with Gasteiger partial charge in [-0.15, -0.1) is 0 Å². The number of hydrogen-bond donors (Lipinski definition) is 0. The van der Waals surface area contributed by atoms with Gasteiger partial charge < -0.3 is 14.0 Å². The maximum Gasteiger partial charge on any atom is 0.346 e. The average molecular weight is 521 g/mol. The van der Waals surface area contributed by atoms with Crippen molar-refractivity contribution in [3.8, 4) is 22.8 Å². The van der Waals surface area contributed by atoms with Gasteiger partial charge in [0.25, 0.3) is 5.56 Å². The molecule has 1 atom stereocenters. The van der Waals surface area contributed by atoms with Crippen molar-refractivity contribution in [2.75, 3.05) is 7.11 Å². The Hall–Kier alpha value is -4.98. The molecular formula is C31H28N4O4. The number of benzene rings is 3. The molecule has 0 radical (unpaired) electrons. The molecule has 0 unspecified atom stereocenters. The number of carbonyl (C=O) groups is 1. The Morgan fingerprint density at radius 2 is 1.67 bits per heavy atom. The quantitative estimate of drug-likeness (QED) is 0.215. The third-order valence-electron chi connectivity index (χ3n) is 6.51. The number of carbonyl (C=O) groups excluding carboxylic acids is 1. The summed E-state index contributed by atoms with van der Waals surface area (Å²) in [6.07, 6.45) is 0.992. The first-order valence-corrected chi connectivity index (χ1v) is 12.5. The van der Waals surface area contributed by atoms with Gasteiger partial charge in [-0.1, -0.05) is 42.5 Å².